The molecule has 2 atom stereocenters. The smallest absolute Gasteiger partial charge is 0.225 e. The summed E-state index contributed by atoms with van der Waals surface area (Å²) < 4.78 is 45.6. The average molecular weight is 468 g/mol. The van der Waals surface area contributed by atoms with Crippen LogP contribution in [0.4, 0.5) is 30.6 Å². The highest BCUT2D eigenvalue weighted by molar-refractivity contribution is 5.81. The Morgan fingerprint density at radius 3 is 2.36 bits per heavy atom. The zero-order valence-corrected chi connectivity index (χ0v) is 19.9. The second-order valence-corrected chi connectivity index (χ2v) is 7.89. The summed E-state index contributed by atoms with van der Waals surface area (Å²) in [5, 5.41) is 5.95. The second-order valence-electron chi connectivity index (χ2n) is 7.89. The van der Waals surface area contributed by atoms with Gasteiger partial charge in [-0.2, -0.15) is 4.98 Å². The molecule has 1 aromatic carbocycles. The highest BCUT2D eigenvalue weighted by Crippen LogP contribution is 2.31. The summed E-state index contributed by atoms with van der Waals surface area (Å²) in [5.74, 6) is -3.10. The quantitative estimate of drug-likeness (QED) is 0.418. The molecule has 2 N–H and O–H groups in total. The van der Waals surface area contributed by atoms with Crippen LogP contribution in [0, 0.1) is 24.4 Å². The first-order chi connectivity index (χ1) is 15.7. The number of hydrogen-bond donors (Lipinski definition) is 2. The van der Waals surface area contributed by atoms with Crippen LogP contribution in [0.5, 0.6) is 5.75 Å². The van der Waals surface area contributed by atoms with Gasteiger partial charge in [-0.25, -0.2) is 18.2 Å². The maximum atomic E-state index is 13.4. The minimum absolute atomic E-state index is 0.0124. The molecule has 2 unspecified atom stereocenters. The monoisotopic (exact) mass is 467 g/mol. The van der Waals surface area contributed by atoms with E-state index in [0.29, 0.717) is 42.4 Å². The molecular formula is C23H32F3N5O2. The second kappa shape index (κ2) is 11.7. The van der Waals surface area contributed by atoms with E-state index in [0.717, 1.165) is 18.6 Å². The summed E-state index contributed by atoms with van der Waals surface area (Å²) >= 11 is 0. The molecule has 1 aliphatic rings. The molecule has 0 radical (unpaired) electrons. The summed E-state index contributed by atoms with van der Waals surface area (Å²) in [4.78, 5) is 22.0. The summed E-state index contributed by atoms with van der Waals surface area (Å²) in [6, 6.07) is 1.83. The highest BCUT2D eigenvalue weighted by atomic mass is 19.2. The SMILES string of the molecule is CC.Cc1nc(NC2CCC(Oc3cc(F)c(F)c(F)c3)C2)nc(N(C)C(C)C)c1NC=O. The van der Waals surface area contributed by atoms with Gasteiger partial charge in [-0.1, -0.05) is 13.8 Å². The maximum Gasteiger partial charge on any atom is 0.225 e. The molecule has 0 aliphatic heterocycles. The molecule has 7 nitrogen and oxygen atoms in total. The van der Waals surface area contributed by atoms with Gasteiger partial charge in [0, 0.05) is 37.7 Å². The lowest BCUT2D eigenvalue weighted by Crippen LogP contribution is -2.29. The number of hydrogen-bond acceptors (Lipinski definition) is 6. The van der Waals surface area contributed by atoms with Gasteiger partial charge >= 0.3 is 0 Å². The molecule has 1 fully saturated rings. The zero-order valence-electron chi connectivity index (χ0n) is 19.9. The van der Waals surface area contributed by atoms with Crippen molar-refractivity contribution in [3.05, 3.63) is 35.3 Å². The van der Waals surface area contributed by atoms with Crippen molar-refractivity contribution in [2.24, 2.45) is 0 Å². The van der Waals surface area contributed by atoms with Gasteiger partial charge in [-0.15, -0.1) is 0 Å². The molecule has 182 valence electrons. The first-order valence-electron chi connectivity index (χ1n) is 11.1. The van der Waals surface area contributed by atoms with Gasteiger partial charge in [0.15, 0.2) is 23.3 Å². The number of ether oxygens (including phenoxy) is 1. The van der Waals surface area contributed by atoms with E-state index in [9.17, 15) is 18.0 Å². The van der Waals surface area contributed by atoms with Crippen LogP contribution in [0.1, 0.15) is 52.7 Å². The Kier molecular flexibility index (Phi) is 9.31. The van der Waals surface area contributed by atoms with E-state index in [1.165, 1.54) is 0 Å². The molecule has 10 heteroatoms. The molecule has 33 heavy (non-hydrogen) atoms. The number of amides is 1. The van der Waals surface area contributed by atoms with Crippen molar-refractivity contribution in [1.82, 2.24) is 9.97 Å². The Morgan fingerprint density at radius 2 is 1.79 bits per heavy atom. The highest BCUT2D eigenvalue weighted by Gasteiger charge is 2.28. The van der Waals surface area contributed by atoms with Crippen molar-refractivity contribution in [3.8, 4) is 5.75 Å². The number of carbonyl (C=O) groups is 1. The van der Waals surface area contributed by atoms with Crippen molar-refractivity contribution in [3.63, 3.8) is 0 Å². The number of carbonyl (C=O) groups excluding carboxylic acids is 1. The predicted molar refractivity (Wildman–Crippen MR) is 123 cm³/mol. The normalized spacial score (nSPS) is 17.3. The average Bonchev–Trinajstić information content (AvgIpc) is 3.21. The van der Waals surface area contributed by atoms with Gasteiger partial charge in [0.25, 0.3) is 0 Å². The molecule has 1 amide bonds. The lowest BCUT2D eigenvalue weighted by molar-refractivity contribution is -0.105. The molecule has 2 aromatic rings. The fourth-order valence-electron chi connectivity index (χ4n) is 3.50. The summed E-state index contributed by atoms with van der Waals surface area (Å²) in [6.07, 6.45) is 2.27. The number of aromatic nitrogens is 2. The van der Waals surface area contributed by atoms with Crippen LogP contribution < -0.4 is 20.3 Å². The van der Waals surface area contributed by atoms with Crippen molar-refractivity contribution < 1.29 is 22.7 Å². The lowest BCUT2D eigenvalue weighted by Gasteiger charge is -2.26. The van der Waals surface area contributed by atoms with Crippen molar-refractivity contribution in [1.29, 1.82) is 0 Å². The standard InChI is InChI=1S/C21H26F3N5O2.C2H6/c1-11(2)29(4)20-19(25-10-30)12(3)26-21(28-20)27-13-5-6-14(7-13)31-15-8-16(22)18(24)17(23)9-15;1-2/h8-11,13-14H,5-7H2,1-4H3,(H,25,30)(H,26,27,28);1-2H3. The topological polar surface area (TPSA) is 79.4 Å². The molecule has 1 aromatic heterocycles. The van der Waals surface area contributed by atoms with Gasteiger partial charge < -0.3 is 20.3 Å². The molecule has 0 saturated heterocycles. The Bertz CT molecular complexity index is 935. The minimum Gasteiger partial charge on any atom is -0.490 e. The van der Waals surface area contributed by atoms with Crippen LogP contribution >= 0.6 is 0 Å². The van der Waals surface area contributed by atoms with Crippen LogP contribution in [-0.2, 0) is 4.79 Å². The summed E-state index contributed by atoms with van der Waals surface area (Å²) in [5.41, 5.74) is 1.17. The van der Waals surface area contributed by atoms with Gasteiger partial charge in [-0.3, -0.25) is 4.79 Å². The van der Waals surface area contributed by atoms with Crippen molar-refractivity contribution in [2.75, 3.05) is 22.6 Å². The summed E-state index contributed by atoms with van der Waals surface area (Å²) in [7, 11) is 1.88. The van der Waals surface area contributed by atoms with Crippen molar-refractivity contribution in [2.45, 2.75) is 72.1 Å². The van der Waals surface area contributed by atoms with Crippen LogP contribution in [-0.4, -0.2) is 41.6 Å². The van der Waals surface area contributed by atoms with Gasteiger partial charge in [0.2, 0.25) is 12.4 Å². The molecule has 1 saturated carbocycles. The summed E-state index contributed by atoms with van der Waals surface area (Å²) in [6.45, 7) is 9.80. The van der Waals surface area contributed by atoms with Gasteiger partial charge in [-0.05, 0) is 33.6 Å². The molecule has 0 bridgehead atoms. The number of nitrogens with one attached hydrogen (secondary N) is 2. The Morgan fingerprint density at radius 1 is 1.15 bits per heavy atom. The van der Waals surface area contributed by atoms with Crippen LogP contribution in [0.2, 0.25) is 0 Å². The number of nitrogens with zero attached hydrogens (tertiary/aromatic N) is 3. The lowest BCUT2D eigenvalue weighted by atomic mass is 10.2. The molecule has 1 heterocycles. The van der Waals surface area contributed by atoms with E-state index in [2.05, 4.69) is 20.6 Å². The Hall–Kier alpha value is -3.04. The molecular weight excluding hydrogens is 435 g/mol. The number of benzene rings is 1. The van der Waals surface area contributed by atoms with Gasteiger partial charge in [0.1, 0.15) is 17.5 Å². The maximum absolute atomic E-state index is 13.4. The van der Waals surface area contributed by atoms with E-state index in [1.54, 1.807) is 6.92 Å². The number of anilines is 3. The Labute approximate surface area is 192 Å². The predicted octanol–water partition coefficient (Wildman–Crippen LogP) is 5.05. The van der Waals surface area contributed by atoms with Crippen molar-refractivity contribution >= 4 is 23.9 Å². The van der Waals surface area contributed by atoms with E-state index in [-0.39, 0.29) is 23.9 Å². The van der Waals surface area contributed by atoms with E-state index < -0.39 is 17.5 Å². The fraction of sp³-hybridized carbons (Fsp3) is 0.522. The number of aryl methyl sites for hydroxylation is 1. The third-order valence-electron chi connectivity index (χ3n) is 5.36. The fourth-order valence-corrected chi connectivity index (χ4v) is 3.50. The zero-order chi connectivity index (χ0) is 24.7. The van der Waals surface area contributed by atoms with Crippen LogP contribution in [0.3, 0.4) is 0 Å². The number of halogens is 3. The molecule has 0 spiro atoms. The van der Waals surface area contributed by atoms with Crippen LogP contribution in [0.25, 0.3) is 0 Å². The molecule has 3 rings (SSSR count). The molecule has 1 aliphatic carbocycles. The third kappa shape index (κ3) is 6.49. The largest absolute Gasteiger partial charge is 0.490 e. The third-order valence-corrected chi connectivity index (χ3v) is 5.36. The van der Waals surface area contributed by atoms with Gasteiger partial charge in [0.05, 0.1) is 5.69 Å². The number of rotatable bonds is 8. The first-order valence-corrected chi connectivity index (χ1v) is 11.1. The minimum atomic E-state index is -1.51. The Balaban J connectivity index is 0.00000187. The van der Waals surface area contributed by atoms with Crippen LogP contribution in [0.15, 0.2) is 12.1 Å². The van der Waals surface area contributed by atoms with E-state index in [4.69, 9.17) is 4.74 Å². The van der Waals surface area contributed by atoms with E-state index in [1.807, 2.05) is 39.6 Å². The van der Waals surface area contributed by atoms with E-state index >= 15 is 0 Å². The first kappa shape index (κ1) is 26.2.